The lowest BCUT2D eigenvalue weighted by atomic mass is 10.1. The zero-order valence-electron chi connectivity index (χ0n) is 12.7. The second-order valence-corrected chi connectivity index (χ2v) is 6.25. The van der Waals surface area contributed by atoms with Crippen LogP contribution in [0.25, 0.3) is 0 Å². The molecule has 0 bridgehead atoms. The summed E-state index contributed by atoms with van der Waals surface area (Å²) in [5, 5.41) is 12.9. The predicted molar refractivity (Wildman–Crippen MR) is 96.9 cm³/mol. The first kappa shape index (κ1) is 17.4. The van der Waals surface area contributed by atoms with Crippen molar-refractivity contribution in [1.29, 1.82) is 0 Å². The number of anilines is 1. The van der Waals surface area contributed by atoms with Crippen molar-refractivity contribution in [2.75, 3.05) is 5.32 Å². The molecule has 2 rings (SSSR count). The van der Waals surface area contributed by atoms with Crippen molar-refractivity contribution in [2.45, 2.75) is 13.8 Å². The quantitative estimate of drug-likeness (QED) is 0.757. The van der Waals surface area contributed by atoms with Crippen molar-refractivity contribution >= 4 is 39.2 Å². The molecule has 1 aliphatic heterocycles. The maximum absolute atomic E-state index is 11.6. The normalized spacial score (nSPS) is 15.2. The zero-order valence-corrected chi connectivity index (χ0v) is 15.1. The molecule has 23 heavy (non-hydrogen) atoms. The minimum absolute atomic E-state index is 0.0721. The van der Waals surface area contributed by atoms with Gasteiger partial charge in [-0.05, 0) is 37.6 Å². The summed E-state index contributed by atoms with van der Waals surface area (Å²) in [5.41, 5.74) is 2.65. The molecule has 0 fully saturated rings. The van der Waals surface area contributed by atoms with Gasteiger partial charge in [0.05, 0.1) is 16.4 Å². The molecule has 0 spiro atoms. The standard InChI is InChI=1S/C17H16BrClN2O2/c1-4-7-21-9-13(17(22)23)16(15(19)11(21)3)20-14-6-5-12(18)8-10(14)2/h4-9,20H,3H2,1-2H3,(H,22,23)/b7-4-. The first-order valence-corrected chi connectivity index (χ1v) is 8.01. The van der Waals surface area contributed by atoms with Gasteiger partial charge in [0.15, 0.2) is 0 Å². The van der Waals surface area contributed by atoms with Gasteiger partial charge < -0.3 is 15.3 Å². The predicted octanol–water partition coefficient (Wildman–Crippen LogP) is 4.95. The number of allylic oxidation sites excluding steroid dienone is 2. The highest BCUT2D eigenvalue weighted by molar-refractivity contribution is 9.10. The van der Waals surface area contributed by atoms with E-state index in [0.717, 1.165) is 15.7 Å². The average molecular weight is 396 g/mol. The van der Waals surface area contributed by atoms with Crippen molar-refractivity contribution in [3.05, 3.63) is 75.3 Å². The van der Waals surface area contributed by atoms with Gasteiger partial charge >= 0.3 is 5.97 Å². The first-order valence-electron chi connectivity index (χ1n) is 6.84. The van der Waals surface area contributed by atoms with Crippen LogP contribution in [0.15, 0.2) is 69.7 Å². The van der Waals surface area contributed by atoms with Crippen LogP contribution in [0.5, 0.6) is 0 Å². The van der Waals surface area contributed by atoms with Gasteiger partial charge in [-0.2, -0.15) is 0 Å². The largest absolute Gasteiger partial charge is 0.478 e. The Kier molecular flexibility index (Phi) is 5.34. The molecule has 6 heteroatoms. The zero-order chi connectivity index (χ0) is 17.1. The smallest absolute Gasteiger partial charge is 0.339 e. The topological polar surface area (TPSA) is 52.6 Å². The third kappa shape index (κ3) is 3.68. The highest BCUT2D eigenvalue weighted by Gasteiger charge is 2.26. The summed E-state index contributed by atoms with van der Waals surface area (Å²) < 4.78 is 0.946. The second kappa shape index (κ2) is 7.06. The van der Waals surface area contributed by atoms with Gasteiger partial charge in [0.25, 0.3) is 0 Å². The van der Waals surface area contributed by atoms with Gasteiger partial charge in [0, 0.05) is 22.6 Å². The molecule has 1 heterocycles. The number of hydrogen-bond acceptors (Lipinski definition) is 3. The van der Waals surface area contributed by atoms with Gasteiger partial charge in [-0.3, -0.25) is 0 Å². The molecule has 0 atom stereocenters. The molecule has 120 valence electrons. The number of rotatable bonds is 4. The molecule has 4 nitrogen and oxygen atoms in total. The van der Waals surface area contributed by atoms with Crippen LogP contribution in [-0.2, 0) is 4.79 Å². The molecule has 0 amide bonds. The molecule has 1 aliphatic rings. The van der Waals surface area contributed by atoms with Crippen molar-refractivity contribution in [2.24, 2.45) is 0 Å². The van der Waals surface area contributed by atoms with Crippen LogP contribution in [0.4, 0.5) is 5.69 Å². The van der Waals surface area contributed by atoms with Crippen LogP contribution < -0.4 is 5.32 Å². The summed E-state index contributed by atoms with van der Waals surface area (Å²) in [6, 6.07) is 5.67. The van der Waals surface area contributed by atoms with E-state index in [1.807, 2.05) is 32.0 Å². The third-order valence-electron chi connectivity index (χ3n) is 3.31. The number of hydrogen-bond donors (Lipinski definition) is 2. The van der Waals surface area contributed by atoms with Gasteiger partial charge in [0.2, 0.25) is 0 Å². The Morgan fingerprint density at radius 2 is 2.17 bits per heavy atom. The molecule has 0 saturated carbocycles. The fourth-order valence-corrected chi connectivity index (χ4v) is 2.86. The highest BCUT2D eigenvalue weighted by atomic mass is 79.9. The number of carboxylic acid groups (broad SMARTS) is 1. The van der Waals surface area contributed by atoms with Crippen LogP contribution >= 0.6 is 27.5 Å². The van der Waals surface area contributed by atoms with Crippen LogP contribution in [-0.4, -0.2) is 16.0 Å². The van der Waals surface area contributed by atoms with Gasteiger partial charge in [-0.25, -0.2) is 4.79 Å². The lowest BCUT2D eigenvalue weighted by Gasteiger charge is -2.27. The van der Waals surface area contributed by atoms with E-state index in [0.29, 0.717) is 11.4 Å². The number of halogens is 2. The van der Waals surface area contributed by atoms with Crippen molar-refractivity contribution < 1.29 is 9.90 Å². The van der Waals surface area contributed by atoms with Crippen molar-refractivity contribution in [3.8, 4) is 0 Å². The summed E-state index contributed by atoms with van der Waals surface area (Å²) >= 11 is 9.77. The molecular weight excluding hydrogens is 380 g/mol. The lowest BCUT2D eigenvalue weighted by Crippen LogP contribution is -2.23. The molecular formula is C17H16BrClN2O2. The number of benzene rings is 1. The summed E-state index contributed by atoms with van der Waals surface area (Å²) in [7, 11) is 0. The van der Waals surface area contributed by atoms with Crippen LogP contribution in [0, 0.1) is 6.92 Å². The van der Waals surface area contributed by atoms with Gasteiger partial charge in [0.1, 0.15) is 5.57 Å². The SMILES string of the molecule is C=C1C(Cl)=C(Nc2ccc(Br)cc2C)C(C(=O)O)=CN1/C=C\C. The number of aryl methyl sites for hydroxylation is 1. The molecule has 2 N–H and O–H groups in total. The molecule has 1 aromatic carbocycles. The minimum Gasteiger partial charge on any atom is -0.478 e. The fraction of sp³-hybridized carbons (Fsp3) is 0.118. The Bertz CT molecular complexity index is 766. The Morgan fingerprint density at radius 3 is 2.74 bits per heavy atom. The summed E-state index contributed by atoms with van der Waals surface area (Å²) in [4.78, 5) is 13.2. The number of carbonyl (C=O) groups is 1. The average Bonchev–Trinajstić information content (AvgIpc) is 2.48. The van der Waals surface area contributed by atoms with Crippen LogP contribution in [0.2, 0.25) is 0 Å². The molecule has 0 aromatic heterocycles. The van der Waals surface area contributed by atoms with E-state index in [1.54, 1.807) is 17.2 Å². The monoisotopic (exact) mass is 394 g/mol. The Balaban J connectivity index is 2.47. The second-order valence-electron chi connectivity index (χ2n) is 4.96. The Hall–Kier alpha value is -1.98. The first-order chi connectivity index (χ1) is 10.8. The summed E-state index contributed by atoms with van der Waals surface area (Å²) in [5.74, 6) is -1.07. The molecule has 1 aromatic rings. The summed E-state index contributed by atoms with van der Waals surface area (Å²) in [6.07, 6.45) is 4.98. The van der Waals surface area contributed by atoms with Gasteiger partial charge in [-0.15, -0.1) is 0 Å². The fourth-order valence-electron chi connectivity index (χ4n) is 2.14. The van der Waals surface area contributed by atoms with E-state index in [1.165, 1.54) is 6.20 Å². The molecule has 0 saturated heterocycles. The lowest BCUT2D eigenvalue weighted by molar-refractivity contribution is -0.132. The molecule has 0 radical (unpaired) electrons. The van der Waals surface area contributed by atoms with Crippen molar-refractivity contribution in [1.82, 2.24) is 4.90 Å². The van der Waals surface area contributed by atoms with Crippen molar-refractivity contribution in [3.63, 3.8) is 0 Å². The number of nitrogens with zero attached hydrogens (tertiary/aromatic N) is 1. The van der Waals surface area contributed by atoms with Crippen LogP contribution in [0.1, 0.15) is 12.5 Å². The van der Waals surface area contributed by atoms with Crippen LogP contribution in [0.3, 0.4) is 0 Å². The highest BCUT2D eigenvalue weighted by Crippen LogP contribution is 2.34. The van der Waals surface area contributed by atoms with E-state index in [4.69, 9.17) is 11.6 Å². The number of nitrogens with one attached hydrogen (secondary N) is 1. The third-order valence-corrected chi connectivity index (χ3v) is 4.21. The summed E-state index contributed by atoms with van der Waals surface area (Å²) in [6.45, 7) is 7.67. The Labute approximate surface area is 148 Å². The van der Waals surface area contributed by atoms with E-state index in [9.17, 15) is 9.90 Å². The van der Waals surface area contributed by atoms with E-state index < -0.39 is 5.97 Å². The van der Waals surface area contributed by atoms with E-state index in [2.05, 4.69) is 27.8 Å². The van der Waals surface area contributed by atoms with E-state index in [-0.39, 0.29) is 10.6 Å². The maximum atomic E-state index is 11.6. The Morgan fingerprint density at radius 1 is 1.48 bits per heavy atom. The minimum atomic E-state index is -1.07. The van der Waals surface area contributed by atoms with Gasteiger partial charge in [-0.1, -0.05) is 40.2 Å². The maximum Gasteiger partial charge on any atom is 0.339 e. The van der Waals surface area contributed by atoms with E-state index >= 15 is 0 Å². The number of aliphatic carboxylic acids is 1. The molecule has 0 unspecified atom stereocenters. The molecule has 0 aliphatic carbocycles. The number of carboxylic acids is 1.